The molecule has 0 aromatic heterocycles. The monoisotopic (exact) mass is 502 g/mol. The van der Waals surface area contributed by atoms with Crippen LogP contribution in [0.4, 0.5) is 13.2 Å². The van der Waals surface area contributed by atoms with Gasteiger partial charge in [0, 0.05) is 12.7 Å². The Hall–Kier alpha value is -2.09. The molecule has 0 spiro atoms. The lowest BCUT2D eigenvalue weighted by Gasteiger charge is -2.37. The molecule has 200 valence electrons. The van der Waals surface area contributed by atoms with Gasteiger partial charge in [-0.1, -0.05) is 64.4 Å². The summed E-state index contributed by atoms with van der Waals surface area (Å²) in [7, 11) is 0.862. The second-order valence-electron chi connectivity index (χ2n) is 10.6. The first-order chi connectivity index (χ1) is 16.1. The fourth-order valence-electron chi connectivity index (χ4n) is 4.28. The molecule has 0 heterocycles. The number of halogens is 3. The van der Waals surface area contributed by atoms with Crippen LogP contribution in [0, 0.1) is 23.2 Å². The maximum Gasteiger partial charge on any atom is 0.432 e. The highest BCUT2D eigenvalue weighted by Gasteiger charge is 2.64. The number of methoxy groups -OCH3 is 1. The Morgan fingerprint density at radius 3 is 1.97 bits per heavy atom. The highest BCUT2D eigenvalue weighted by atomic mass is 19.4. The van der Waals surface area contributed by atoms with E-state index in [4.69, 9.17) is 14.2 Å². The minimum absolute atomic E-state index is 0.0738. The molecule has 0 bridgehead atoms. The van der Waals surface area contributed by atoms with Crippen molar-refractivity contribution in [3.05, 3.63) is 35.9 Å². The highest BCUT2D eigenvalue weighted by molar-refractivity contribution is 5.83. The van der Waals surface area contributed by atoms with Gasteiger partial charge < -0.3 is 14.2 Å². The van der Waals surface area contributed by atoms with E-state index in [2.05, 4.69) is 0 Å². The van der Waals surface area contributed by atoms with E-state index >= 15 is 0 Å². The Balaban J connectivity index is 3.16. The Labute approximate surface area is 207 Å². The van der Waals surface area contributed by atoms with Crippen LogP contribution in [0.1, 0.15) is 73.3 Å². The zero-order chi connectivity index (χ0) is 27.0. The van der Waals surface area contributed by atoms with Crippen molar-refractivity contribution in [2.45, 2.75) is 85.6 Å². The predicted molar refractivity (Wildman–Crippen MR) is 128 cm³/mol. The van der Waals surface area contributed by atoms with Gasteiger partial charge in [0.05, 0.1) is 12.0 Å². The normalized spacial score (nSPS) is 17.6. The number of carbonyl (C=O) groups is 2. The maximum atomic E-state index is 14.3. The van der Waals surface area contributed by atoms with Crippen molar-refractivity contribution in [2.24, 2.45) is 23.2 Å². The summed E-state index contributed by atoms with van der Waals surface area (Å²) in [5.41, 5.74) is -4.19. The quantitative estimate of drug-likeness (QED) is 0.298. The average molecular weight is 503 g/mol. The lowest BCUT2D eigenvalue weighted by Crippen LogP contribution is -2.53. The van der Waals surface area contributed by atoms with Crippen LogP contribution in [0.15, 0.2) is 30.3 Å². The first-order valence-electron chi connectivity index (χ1n) is 12.2. The number of ether oxygens (including phenoxy) is 3. The zero-order valence-electron chi connectivity index (χ0n) is 22.2. The van der Waals surface area contributed by atoms with Crippen LogP contribution in [0.5, 0.6) is 0 Å². The van der Waals surface area contributed by atoms with Crippen LogP contribution in [-0.4, -0.2) is 37.9 Å². The van der Waals surface area contributed by atoms with E-state index in [9.17, 15) is 22.8 Å². The molecule has 0 aliphatic carbocycles. The minimum atomic E-state index is -5.03. The Kier molecular flexibility index (Phi) is 11.3. The molecule has 35 heavy (non-hydrogen) atoms. The fraction of sp³-hybridized carbons (Fsp3) is 0.704. The van der Waals surface area contributed by atoms with Crippen molar-refractivity contribution in [3.63, 3.8) is 0 Å². The second kappa shape index (κ2) is 12.7. The SMILES string of the molecule is CCC[C@H](C)[C@@H](OC(=O)[C@@](OC)(c1ccccc1)C(F)(F)F)[C@H](C)C[C@H](C)COC(=O)C(C)(C)C. The summed E-state index contributed by atoms with van der Waals surface area (Å²) in [4.78, 5) is 25.3. The van der Waals surface area contributed by atoms with E-state index in [0.717, 1.165) is 13.5 Å². The Bertz CT molecular complexity index is 803. The molecule has 8 heteroatoms. The number of rotatable bonds is 12. The lowest BCUT2D eigenvalue weighted by molar-refractivity contribution is -0.279. The molecule has 0 saturated carbocycles. The number of esters is 2. The van der Waals surface area contributed by atoms with E-state index in [0.29, 0.717) is 12.8 Å². The third kappa shape index (κ3) is 7.95. The number of hydrogen-bond acceptors (Lipinski definition) is 5. The summed E-state index contributed by atoms with van der Waals surface area (Å²) < 4.78 is 58.9. The summed E-state index contributed by atoms with van der Waals surface area (Å²) in [5, 5.41) is 0. The van der Waals surface area contributed by atoms with Crippen LogP contribution < -0.4 is 0 Å². The second-order valence-corrected chi connectivity index (χ2v) is 10.6. The molecule has 5 nitrogen and oxygen atoms in total. The molecule has 5 atom stereocenters. The molecule has 1 aromatic rings. The van der Waals surface area contributed by atoms with E-state index in [1.165, 1.54) is 24.3 Å². The molecule has 0 radical (unpaired) electrons. The summed E-state index contributed by atoms with van der Waals surface area (Å²) in [6.45, 7) is 13.0. The van der Waals surface area contributed by atoms with Gasteiger partial charge in [-0.15, -0.1) is 0 Å². The van der Waals surface area contributed by atoms with Crippen molar-refractivity contribution >= 4 is 11.9 Å². The van der Waals surface area contributed by atoms with E-state index in [1.807, 2.05) is 27.7 Å². The molecule has 0 saturated heterocycles. The molecule has 0 amide bonds. The van der Waals surface area contributed by atoms with E-state index in [1.54, 1.807) is 26.8 Å². The van der Waals surface area contributed by atoms with Gasteiger partial charge in [0.15, 0.2) is 0 Å². The zero-order valence-corrected chi connectivity index (χ0v) is 22.2. The largest absolute Gasteiger partial charge is 0.465 e. The van der Waals surface area contributed by atoms with Crippen LogP contribution >= 0.6 is 0 Å². The van der Waals surface area contributed by atoms with Gasteiger partial charge in [-0.3, -0.25) is 4.79 Å². The third-order valence-electron chi connectivity index (χ3n) is 6.17. The van der Waals surface area contributed by atoms with Gasteiger partial charge in [-0.25, -0.2) is 4.79 Å². The van der Waals surface area contributed by atoms with Crippen LogP contribution in [0.3, 0.4) is 0 Å². The van der Waals surface area contributed by atoms with Crippen molar-refractivity contribution < 1.29 is 37.0 Å². The molecule has 0 aliphatic heterocycles. The van der Waals surface area contributed by atoms with Gasteiger partial charge >= 0.3 is 18.1 Å². The summed E-state index contributed by atoms with van der Waals surface area (Å²) in [5.74, 6) is -2.33. The molecule has 0 N–H and O–H groups in total. The number of carbonyl (C=O) groups excluding carboxylic acids is 2. The molecule has 0 fully saturated rings. The van der Waals surface area contributed by atoms with Crippen LogP contribution in [0.25, 0.3) is 0 Å². The highest BCUT2D eigenvalue weighted by Crippen LogP contribution is 2.44. The first-order valence-corrected chi connectivity index (χ1v) is 12.2. The number of hydrogen-bond donors (Lipinski definition) is 0. The van der Waals surface area contributed by atoms with Crippen molar-refractivity contribution in [2.75, 3.05) is 13.7 Å². The molecule has 0 aliphatic rings. The lowest BCUT2D eigenvalue weighted by atomic mass is 9.84. The van der Waals surface area contributed by atoms with E-state index < -0.39 is 29.3 Å². The van der Waals surface area contributed by atoms with Crippen molar-refractivity contribution in [1.29, 1.82) is 0 Å². The number of alkyl halides is 3. The minimum Gasteiger partial charge on any atom is -0.465 e. The van der Waals surface area contributed by atoms with E-state index in [-0.39, 0.29) is 35.9 Å². The molecule has 1 aromatic carbocycles. The fourth-order valence-corrected chi connectivity index (χ4v) is 4.28. The van der Waals surface area contributed by atoms with Gasteiger partial charge in [0.2, 0.25) is 0 Å². The Morgan fingerprint density at radius 2 is 1.51 bits per heavy atom. The smallest absolute Gasteiger partial charge is 0.432 e. The summed E-state index contributed by atoms with van der Waals surface area (Å²) in [6.07, 6.45) is -3.85. The van der Waals surface area contributed by atoms with Gasteiger partial charge in [0.25, 0.3) is 5.60 Å². The van der Waals surface area contributed by atoms with Crippen LogP contribution in [-0.2, 0) is 29.4 Å². The third-order valence-corrected chi connectivity index (χ3v) is 6.17. The molecular formula is C27H41F3O5. The van der Waals surface area contributed by atoms with Crippen molar-refractivity contribution in [3.8, 4) is 0 Å². The van der Waals surface area contributed by atoms with Gasteiger partial charge in [-0.2, -0.15) is 13.2 Å². The predicted octanol–water partition coefficient (Wildman–Crippen LogP) is 6.69. The summed E-state index contributed by atoms with van der Waals surface area (Å²) >= 11 is 0. The topological polar surface area (TPSA) is 61.8 Å². The maximum absolute atomic E-state index is 14.3. The molecule has 0 unspecified atom stereocenters. The molecule has 1 rings (SSSR count). The van der Waals surface area contributed by atoms with Crippen LogP contribution in [0.2, 0.25) is 0 Å². The number of benzene rings is 1. The van der Waals surface area contributed by atoms with Gasteiger partial charge in [0.1, 0.15) is 6.10 Å². The molecular weight excluding hydrogens is 461 g/mol. The average Bonchev–Trinajstić information content (AvgIpc) is 2.75. The van der Waals surface area contributed by atoms with Crippen molar-refractivity contribution in [1.82, 2.24) is 0 Å². The Morgan fingerprint density at radius 1 is 0.943 bits per heavy atom. The van der Waals surface area contributed by atoms with Gasteiger partial charge in [-0.05, 0) is 51.4 Å². The summed E-state index contributed by atoms with van der Waals surface area (Å²) in [6, 6.07) is 6.81. The standard InChI is InChI=1S/C27H41F3O5/c1-9-13-19(3)22(20(4)16-18(2)17-34-23(31)25(5,6)7)35-24(32)26(33-8,27(28,29)30)21-14-11-10-12-15-21/h10-12,14-15,18-20,22H,9,13,16-17H2,1-8H3/t18-,19-,20+,22+,26-/m0/s1. The first kappa shape index (κ1) is 30.9.